The molecule has 0 aliphatic carbocycles. The van der Waals surface area contributed by atoms with Crippen LogP contribution in [0.15, 0.2) is 83.8 Å². The van der Waals surface area contributed by atoms with Crippen LogP contribution in [0, 0.1) is 5.21 Å². The molecule has 1 heterocycles. The molecular weight excluding hydrogens is 318 g/mol. The Kier molecular flexibility index (Phi) is 4.02. The van der Waals surface area contributed by atoms with Gasteiger partial charge in [0.15, 0.2) is 0 Å². The first kappa shape index (κ1) is 15.3. The Hall–Kier alpha value is -2.27. The van der Waals surface area contributed by atoms with Crippen molar-refractivity contribution >= 4 is 11.8 Å². The Morgan fingerprint density at radius 3 is 2.17 bits per heavy atom. The second kappa shape index (κ2) is 6.32. The molecule has 0 radical (unpaired) electrons. The number of thioether (sulfide) groups is 1. The lowest BCUT2D eigenvalue weighted by molar-refractivity contribution is 0.287. The van der Waals surface area contributed by atoms with Gasteiger partial charge in [0.2, 0.25) is 0 Å². The first-order chi connectivity index (χ1) is 11.8. The number of rotatable bonds is 2. The SMILES string of the molecule is [O-]N1C(c2ccccc2O)Sc2ccccc2C1c1ccccc1. The third kappa shape index (κ3) is 2.59. The number of fused-ring (bicyclic) bond motifs is 1. The molecule has 0 spiro atoms. The van der Waals surface area contributed by atoms with Gasteiger partial charge < -0.3 is 15.4 Å². The summed E-state index contributed by atoms with van der Waals surface area (Å²) in [4.78, 5) is 1.08. The highest BCUT2D eigenvalue weighted by Gasteiger charge is 2.32. The number of nitrogens with zero attached hydrogens (tertiary/aromatic N) is 1. The maximum atomic E-state index is 13.2. The molecule has 2 unspecified atom stereocenters. The molecule has 0 saturated heterocycles. The molecule has 0 aromatic heterocycles. The molecule has 0 saturated carbocycles. The monoisotopic (exact) mass is 334 g/mol. The topological polar surface area (TPSA) is 46.5 Å². The number of hydroxylamine groups is 2. The molecule has 24 heavy (non-hydrogen) atoms. The third-order valence-electron chi connectivity index (χ3n) is 4.26. The van der Waals surface area contributed by atoms with Crippen molar-refractivity contribution in [2.45, 2.75) is 16.3 Å². The lowest BCUT2D eigenvalue weighted by Crippen LogP contribution is -2.30. The maximum absolute atomic E-state index is 13.2. The minimum atomic E-state index is -0.480. The molecule has 0 amide bonds. The fraction of sp³-hybridized carbons (Fsp3) is 0.100. The largest absolute Gasteiger partial charge is 0.783 e. The average molecular weight is 334 g/mol. The van der Waals surface area contributed by atoms with Gasteiger partial charge in [-0.1, -0.05) is 66.7 Å². The fourth-order valence-electron chi connectivity index (χ4n) is 3.12. The highest BCUT2D eigenvalue weighted by atomic mass is 32.2. The molecule has 0 fully saturated rings. The zero-order chi connectivity index (χ0) is 16.5. The summed E-state index contributed by atoms with van der Waals surface area (Å²) in [7, 11) is 0. The Morgan fingerprint density at radius 2 is 1.42 bits per heavy atom. The van der Waals surface area contributed by atoms with Gasteiger partial charge in [-0.3, -0.25) is 0 Å². The van der Waals surface area contributed by atoms with Crippen LogP contribution in [0.5, 0.6) is 5.75 Å². The maximum Gasteiger partial charge on any atom is 0.121 e. The van der Waals surface area contributed by atoms with Crippen LogP contribution in [-0.4, -0.2) is 10.2 Å². The van der Waals surface area contributed by atoms with E-state index in [2.05, 4.69) is 0 Å². The van der Waals surface area contributed by atoms with Gasteiger partial charge in [-0.2, -0.15) is 0 Å². The minimum Gasteiger partial charge on any atom is -0.783 e. The van der Waals surface area contributed by atoms with Crippen molar-refractivity contribution in [3.8, 4) is 5.75 Å². The van der Waals surface area contributed by atoms with E-state index in [1.165, 1.54) is 11.8 Å². The van der Waals surface area contributed by atoms with E-state index in [0.717, 1.165) is 21.1 Å². The van der Waals surface area contributed by atoms with Gasteiger partial charge in [-0.05, 0) is 23.3 Å². The van der Waals surface area contributed by atoms with Crippen LogP contribution in [0.3, 0.4) is 0 Å². The van der Waals surface area contributed by atoms with Gasteiger partial charge >= 0.3 is 0 Å². The van der Waals surface area contributed by atoms with Gasteiger partial charge in [0.1, 0.15) is 5.75 Å². The summed E-state index contributed by atoms with van der Waals surface area (Å²) < 4.78 is 0. The summed E-state index contributed by atoms with van der Waals surface area (Å²) in [6.07, 6.45) is 0. The number of para-hydroxylation sites is 1. The van der Waals surface area contributed by atoms with Crippen molar-refractivity contribution in [3.63, 3.8) is 0 Å². The summed E-state index contributed by atoms with van der Waals surface area (Å²) >= 11 is 1.48. The quantitative estimate of drug-likeness (QED) is 0.709. The molecule has 1 aliphatic rings. The van der Waals surface area contributed by atoms with Crippen molar-refractivity contribution in [3.05, 3.63) is 101 Å². The van der Waals surface area contributed by atoms with Gasteiger partial charge in [-0.15, -0.1) is 11.8 Å². The number of phenols is 1. The summed E-state index contributed by atoms with van der Waals surface area (Å²) in [6, 6.07) is 24.5. The van der Waals surface area contributed by atoms with Gasteiger partial charge in [0.25, 0.3) is 0 Å². The lowest BCUT2D eigenvalue weighted by atomic mass is 9.97. The van der Waals surface area contributed by atoms with Crippen LogP contribution in [0.25, 0.3) is 0 Å². The Morgan fingerprint density at radius 1 is 0.792 bits per heavy atom. The Labute approximate surface area is 145 Å². The second-order valence-corrected chi connectivity index (χ2v) is 6.86. The van der Waals surface area contributed by atoms with Crippen molar-refractivity contribution in [1.29, 1.82) is 0 Å². The fourth-order valence-corrected chi connectivity index (χ4v) is 4.38. The Bertz CT molecular complexity index is 853. The molecule has 3 nitrogen and oxygen atoms in total. The van der Waals surface area contributed by atoms with Crippen molar-refractivity contribution in [1.82, 2.24) is 5.06 Å². The summed E-state index contributed by atoms with van der Waals surface area (Å²) in [5.74, 6) is 0.155. The van der Waals surface area contributed by atoms with E-state index in [1.807, 2.05) is 66.7 Å². The Balaban J connectivity index is 1.85. The lowest BCUT2D eigenvalue weighted by Gasteiger charge is -2.47. The zero-order valence-corrected chi connectivity index (χ0v) is 13.7. The van der Waals surface area contributed by atoms with Crippen molar-refractivity contribution in [2.24, 2.45) is 0 Å². The second-order valence-electron chi connectivity index (χ2n) is 5.74. The molecule has 1 aliphatic heterocycles. The normalized spacial score (nSPS) is 20.5. The van der Waals surface area contributed by atoms with E-state index in [0.29, 0.717) is 5.56 Å². The highest BCUT2D eigenvalue weighted by molar-refractivity contribution is 7.99. The molecule has 2 atom stereocenters. The molecule has 4 rings (SSSR count). The van der Waals surface area contributed by atoms with E-state index in [4.69, 9.17) is 0 Å². The van der Waals surface area contributed by atoms with Crippen LogP contribution in [0.1, 0.15) is 28.1 Å². The first-order valence-electron chi connectivity index (χ1n) is 7.79. The molecule has 4 heteroatoms. The highest BCUT2D eigenvalue weighted by Crippen LogP contribution is 2.52. The zero-order valence-electron chi connectivity index (χ0n) is 12.9. The van der Waals surface area contributed by atoms with Crippen molar-refractivity contribution in [2.75, 3.05) is 0 Å². The summed E-state index contributed by atoms with van der Waals surface area (Å²) in [6.45, 7) is 0. The average Bonchev–Trinajstić information content (AvgIpc) is 2.63. The number of hydrogen-bond donors (Lipinski definition) is 1. The van der Waals surface area contributed by atoms with Crippen LogP contribution in [0.2, 0.25) is 0 Å². The number of aromatic hydroxyl groups is 1. The van der Waals surface area contributed by atoms with Gasteiger partial charge in [-0.25, -0.2) is 0 Å². The number of hydrogen-bond acceptors (Lipinski definition) is 4. The molecule has 3 aromatic rings. The van der Waals surface area contributed by atoms with Crippen molar-refractivity contribution < 1.29 is 5.11 Å². The first-order valence-corrected chi connectivity index (χ1v) is 8.67. The predicted molar refractivity (Wildman–Crippen MR) is 96.6 cm³/mol. The molecule has 3 aromatic carbocycles. The predicted octanol–water partition coefficient (Wildman–Crippen LogP) is 5.09. The smallest absolute Gasteiger partial charge is 0.121 e. The van der Waals surface area contributed by atoms with E-state index in [1.54, 1.807) is 12.1 Å². The van der Waals surface area contributed by atoms with Gasteiger partial charge in [0, 0.05) is 10.5 Å². The van der Waals surface area contributed by atoms with E-state index in [9.17, 15) is 10.3 Å². The summed E-state index contributed by atoms with van der Waals surface area (Å²) in [5, 5.41) is 24.0. The standard InChI is InChI=1S/C20H16NO2S/c22-17-12-6-4-10-15(17)20-21(23)19(14-8-2-1-3-9-14)16-11-5-7-13-18(16)24-20/h1-13,19-20,22H/q-1. The van der Waals surface area contributed by atoms with Crippen LogP contribution >= 0.6 is 11.8 Å². The van der Waals surface area contributed by atoms with Gasteiger partial charge in [0.05, 0.1) is 11.4 Å². The number of phenolic OH excluding ortho intramolecular Hbond substituents is 1. The van der Waals surface area contributed by atoms with Crippen LogP contribution in [0.4, 0.5) is 0 Å². The third-order valence-corrected chi connectivity index (χ3v) is 5.57. The molecule has 120 valence electrons. The minimum absolute atomic E-state index is 0.155. The molecule has 1 N–H and O–H groups in total. The van der Waals surface area contributed by atoms with E-state index >= 15 is 0 Å². The molecular formula is C20H16NO2S-. The summed E-state index contributed by atoms with van der Waals surface area (Å²) in [5.41, 5.74) is 2.61. The van der Waals surface area contributed by atoms with E-state index < -0.39 is 5.37 Å². The van der Waals surface area contributed by atoms with Crippen LogP contribution in [-0.2, 0) is 0 Å². The van der Waals surface area contributed by atoms with E-state index in [-0.39, 0.29) is 11.8 Å². The van der Waals surface area contributed by atoms with Crippen LogP contribution < -0.4 is 0 Å². The number of benzene rings is 3. The molecule has 0 bridgehead atoms.